The minimum absolute atomic E-state index is 0.142. The van der Waals surface area contributed by atoms with Gasteiger partial charge in [0.05, 0.1) is 6.61 Å². The van der Waals surface area contributed by atoms with Crippen LogP contribution in [0.3, 0.4) is 0 Å². The van der Waals surface area contributed by atoms with Crippen molar-refractivity contribution < 1.29 is 14.3 Å². The van der Waals surface area contributed by atoms with Crippen molar-refractivity contribution in [3.63, 3.8) is 0 Å². The zero-order valence-electron chi connectivity index (χ0n) is 16.8. The molecule has 1 aliphatic rings. The number of hydrogen-bond donors (Lipinski definition) is 0. The molecule has 0 aromatic heterocycles. The Kier molecular flexibility index (Phi) is 6.20. The number of esters is 1. The van der Waals surface area contributed by atoms with Crippen LogP contribution in [0.15, 0.2) is 42.5 Å². The number of carbonyl (C=O) groups excluding carboxylic acids is 1. The van der Waals surface area contributed by atoms with Gasteiger partial charge in [-0.05, 0) is 29.0 Å². The number of benzene rings is 2. The Bertz CT molecular complexity index is 827. The largest absolute Gasteiger partial charge is 0.493 e. The van der Waals surface area contributed by atoms with Crippen LogP contribution >= 0.6 is 0 Å². The van der Waals surface area contributed by atoms with Crippen molar-refractivity contribution in [2.75, 3.05) is 6.61 Å². The van der Waals surface area contributed by atoms with Gasteiger partial charge < -0.3 is 9.47 Å². The second kappa shape index (κ2) is 8.60. The van der Waals surface area contributed by atoms with Crippen molar-refractivity contribution in [3.05, 3.63) is 53.6 Å². The zero-order chi connectivity index (χ0) is 19.4. The second-order valence-corrected chi connectivity index (χ2v) is 8.18. The molecule has 2 aromatic carbocycles. The van der Waals surface area contributed by atoms with E-state index in [0.29, 0.717) is 24.9 Å². The monoisotopic (exact) mass is 366 g/mol. The van der Waals surface area contributed by atoms with Gasteiger partial charge in [0.25, 0.3) is 0 Å². The van der Waals surface area contributed by atoms with Gasteiger partial charge in [-0.3, -0.25) is 4.79 Å². The van der Waals surface area contributed by atoms with E-state index in [-0.39, 0.29) is 5.97 Å². The highest BCUT2D eigenvalue weighted by atomic mass is 16.5. The van der Waals surface area contributed by atoms with Gasteiger partial charge in [-0.2, -0.15) is 0 Å². The van der Waals surface area contributed by atoms with E-state index in [1.807, 2.05) is 24.3 Å². The van der Waals surface area contributed by atoms with Gasteiger partial charge in [-0.15, -0.1) is 0 Å². The van der Waals surface area contributed by atoms with Gasteiger partial charge in [0, 0.05) is 23.6 Å². The van der Waals surface area contributed by atoms with E-state index in [1.165, 1.54) is 0 Å². The van der Waals surface area contributed by atoms with Crippen LogP contribution < -0.4 is 0 Å². The summed E-state index contributed by atoms with van der Waals surface area (Å²) < 4.78 is 11.9. The van der Waals surface area contributed by atoms with Crippen molar-refractivity contribution in [3.8, 4) is 0 Å². The lowest BCUT2D eigenvalue weighted by Gasteiger charge is -2.26. The predicted octanol–water partition coefficient (Wildman–Crippen LogP) is 6.28. The Morgan fingerprint density at radius 2 is 1.78 bits per heavy atom. The Balaban J connectivity index is 1.87. The molecular weight excluding hydrogens is 336 g/mol. The summed E-state index contributed by atoms with van der Waals surface area (Å²) in [5, 5.41) is 2.27. The first-order chi connectivity index (χ1) is 13.0. The van der Waals surface area contributed by atoms with Crippen LogP contribution in [0.25, 0.3) is 16.5 Å². The Labute approximate surface area is 162 Å². The van der Waals surface area contributed by atoms with Crippen LogP contribution in [0.5, 0.6) is 0 Å². The summed E-state index contributed by atoms with van der Waals surface area (Å²) in [4.78, 5) is 12.4. The fraction of sp³-hybridized carbons (Fsp3) is 0.458. The third-order valence-corrected chi connectivity index (χ3v) is 4.80. The molecule has 0 fully saturated rings. The fourth-order valence-corrected chi connectivity index (χ4v) is 3.46. The van der Waals surface area contributed by atoms with Crippen molar-refractivity contribution in [2.24, 2.45) is 11.8 Å². The van der Waals surface area contributed by atoms with E-state index >= 15 is 0 Å². The molecule has 3 rings (SSSR count). The summed E-state index contributed by atoms with van der Waals surface area (Å²) in [6.45, 7) is 9.24. The maximum absolute atomic E-state index is 12.4. The lowest BCUT2D eigenvalue weighted by atomic mass is 9.90. The number of ether oxygens (including phenoxy) is 2. The van der Waals surface area contributed by atoms with Crippen molar-refractivity contribution >= 4 is 22.5 Å². The lowest BCUT2D eigenvalue weighted by Crippen LogP contribution is -2.15. The predicted molar refractivity (Wildman–Crippen MR) is 110 cm³/mol. The molecule has 0 heterocycles. The molecule has 1 atom stereocenters. The van der Waals surface area contributed by atoms with Gasteiger partial charge in [-0.1, -0.05) is 70.5 Å². The highest BCUT2D eigenvalue weighted by Gasteiger charge is 2.26. The molecule has 3 nitrogen and oxygen atoms in total. The summed E-state index contributed by atoms with van der Waals surface area (Å²) >= 11 is 0. The highest BCUT2D eigenvalue weighted by molar-refractivity contribution is 5.97. The fourth-order valence-electron chi connectivity index (χ4n) is 3.46. The maximum Gasteiger partial charge on any atom is 0.306 e. The Morgan fingerprint density at radius 1 is 1.04 bits per heavy atom. The van der Waals surface area contributed by atoms with Crippen LogP contribution in [0.2, 0.25) is 0 Å². The average Bonchev–Trinajstić information content (AvgIpc) is 2.62. The molecular formula is C24H30O3. The van der Waals surface area contributed by atoms with Gasteiger partial charge in [0.2, 0.25) is 0 Å². The number of rotatable bonds is 8. The molecule has 3 heteroatoms. The molecule has 0 saturated carbocycles. The topological polar surface area (TPSA) is 35.5 Å². The first-order valence-electron chi connectivity index (χ1n) is 10.0. The van der Waals surface area contributed by atoms with Gasteiger partial charge in [0.1, 0.15) is 11.9 Å². The molecule has 0 saturated heterocycles. The molecule has 0 bridgehead atoms. The third-order valence-electron chi connectivity index (χ3n) is 4.80. The van der Waals surface area contributed by atoms with E-state index in [9.17, 15) is 4.79 Å². The van der Waals surface area contributed by atoms with E-state index in [1.54, 1.807) is 0 Å². The zero-order valence-corrected chi connectivity index (χ0v) is 16.8. The van der Waals surface area contributed by atoms with Crippen LogP contribution in [-0.2, 0) is 14.3 Å². The molecule has 2 aromatic rings. The minimum atomic E-state index is -0.391. The second-order valence-electron chi connectivity index (χ2n) is 8.18. The lowest BCUT2D eigenvalue weighted by molar-refractivity contribution is -0.147. The SMILES string of the molecule is CC(C)CCCC(=O)OC1C=C(OCC(C)C)c2cccc3cccc1c23. The van der Waals surface area contributed by atoms with E-state index in [2.05, 4.69) is 45.9 Å². The highest BCUT2D eigenvalue weighted by Crippen LogP contribution is 2.40. The van der Waals surface area contributed by atoms with Crippen molar-refractivity contribution in [2.45, 2.75) is 53.1 Å². The van der Waals surface area contributed by atoms with E-state index in [4.69, 9.17) is 9.47 Å². The third kappa shape index (κ3) is 4.71. The molecule has 0 amide bonds. The van der Waals surface area contributed by atoms with Gasteiger partial charge in [-0.25, -0.2) is 0 Å². The summed E-state index contributed by atoms with van der Waals surface area (Å²) in [6, 6.07) is 12.4. The average molecular weight is 367 g/mol. The molecule has 0 N–H and O–H groups in total. The molecule has 0 spiro atoms. The van der Waals surface area contributed by atoms with E-state index < -0.39 is 6.10 Å². The maximum atomic E-state index is 12.4. The smallest absolute Gasteiger partial charge is 0.306 e. The van der Waals surface area contributed by atoms with E-state index in [0.717, 1.165) is 40.5 Å². The number of hydrogen-bond acceptors (Lipinski definition) is 3. The Morgan fingerprint density at radius 3 is 2.48 bits per heavy atom. The first-order valence-corrected chi connectivity index (χ1v) is 10.0. The summed E-state index contributed by atoms with van der Waals surface area (Å²) in [7, 11) is 0. The van der Waals surface area contributed by atoms with Crippen molar-refractivity contribution in [1.29, 1.82) is 0 Å². The van der Waals surface area contributed by atoms with Gasteiger partial charge >= 0.3 is 5.97 Å². The van der Waals surface area contributed by atoms with Gasteiger partial charge in [0.15, 0.2) is 0 Å². The molecule has 27 heavy (non-hydrogen) atoms. The summed E-state index contributed by atoms with van der Waals surface area (Å²) in [6.07, 6.45) is 3.93. The normalized spacial score (nSPS) is 15.9. The van der Waals surface area contributed by atoms with Crippen LogP contribution in [-0.4, -0.2) is 12.6 Å². The quantitative estimate of drug-likeness (QED) is 0.516. The van der Waals surface area contributed by atoms with Crippen LogP contribution in [0, 0.1) is 11.8 Å². The van der Waals surface area contributed by atoms with Crippen LogP contribution in [0.4, 0.5) is 0 Å². The molecule has 1 aliphatic carbocycles. The summed E-state index contributed by atoms with van der Waals surface area (Å²) in [5.74, 6) is 1.70. The number of carbonyl (C=O) groups is 1. The molecule has 0 radical (unpaired) electrons. The summed E-state index contributed by atoms with van der Waals surface area (Å²) in [5.41, 5.74) is 2.12. The molecule has 144 valence electrons. The Hall–Kier alpha value is -2.29. The van der Waals surface area contributed by atoms with Crippen molar-refractivity contribution in [1.82, 2.24) is 0 Å². The first kappa shape index (κ1) is 19.5. The molecule has 0 aliphatic heterocycles. The minimum Gasteiger partial charge on any atom is -0.493 e. The van der Waals surface area contributed by atoms with Crippen LogP contribution in [0.1, 0.15) is 64.2 Å². The standard InChI is InChI=1S/C24H30O3/c1-16(2)8-5-13-23(25)27-22-14-21(26-15-17(3)4)19-11-6-9-18-10-7-12-20(22)24(18)19/h6-7,9-12,14,16-17,22H,5,8,13,15H2,1-4H3. The molecule has 1 unspecified atom stereocenters.